The van der Waals surface area contributed by atoms with Crippen molar-refractivity contribution in [1.82, 2.24) is 5.32 Å². The van der Waals surface area contributed by atoms with Gasteiger partial charge in [0.2, 0.25) is 5.91 Å². The van der Waals surface area contributed by atoms with Gasteiger partial charge in [0.1, 0.15) is 0 Å². The molecule has 0 aromatic carbocycles. The van der Waals surface area contributed by atoms with Gasteiger partial charge in [0.25, 0.3) is 0 Å². The predicted molar refractivity (Wildman–Crippen MR) is 74.2 cm³/mol. The number of halogens is 1. The zero-order valence-corrected chi connectivity index (χ0v) is 12.1. The summed E-state index contributed by atoms with van der Waals surface area (Å²) in [5, 5.41) is 3.00. The maximum atomic E-state index is 11.7. The fourth-order valence-corrected chi connectivity index (χ4v) is 2.35. The summed E-state index contributed by atoms with van der Waals surface area (Å²) in [6, 6.07) is -0.362. The van der Waals surface area contributed by atoms with E-state index in [1.807, 2.05) is 13.8 Å². The Hall–Kier alpha value is -0.280. The first-order chi connectivity index (χ1) is 7.52. The Morgan fingerprint density at radius 3 is 2.47 bits per heavy atom. The van der Waals surface area contributed by atoms with Gasteiger partial charge in [0.15, 0.2) is 0 Å². The van der Waals surface area contributed by atoms with Crippen LogP contribution in [0.25, 0.3) is 0 Å². The van der Waals surface area contributed by atoms with Crippen molar-refractivity contribution < 1.29 is 4.79 Å². The third-order valence-electron chi connectivity index (χ3n) is 3.85. The topological polar surface area (TPSA) is 55.1 Å². The molecule has 3 unspecified atom stereocenters. The van der Waals surface area contributed by atoms with Crippen LogP contribution in [-0.4, -0.2) is 18.5 Å². The van der Waals surface area contributed by atoms with Gasteiger partial charge in [0.05, 0.1) is 6.04 Å². The quantitative estimate of drug-likeness (QED) is 0.817. The standard InChI is InChI=1S/C13H26N2O.ClH/c1-9(2)12(14)13(16)15-8-11-7-5-4-6-10(11)3;/h9-12H,4-8,14H2,1-3H3,(H,15,16);1H. The zero-order chi connectivity index (χ0) is 12.1. The lowest BCUT2D eigenvalue weighted by atomic mass is 9.80. The number of hydrogen-bond donors (Lipinski definition) is 2. The van der Waals surface area contributed by atoms with Crippen LogP contribution in [0.4, 0.5) is 0 Å². The first kappa shape index (κ1) is 16.7. The van der Waals surface area contributed by atoms with Gasteiger partial charge in [-0.05, 0) is 24.2 Å². The van der Waals surface area contributed by atoms with Crippen LogP contribution in [0.3, 0.4) is 0 Å². The highest BCUT2D eigenvalue weighted by atomic mass is 35.5. The minimum atomic E-state index is -0.362. The normalized spacial score (nSPS) is 26.2. The van der Waals surface area contributed by atoms with Crippen LogP contribution < -0.4 is 11.1 Å². The monoisotopic (exact) mass is 262 g/mol. The van der Waals surface area contributed by atoms with Crippen molar-refractivity contribution in [3.63, 3.8) is 0 Å². The van der Waals surface area contributed by atoms with Crippen LogP contribution in [-0.2, 0) is 4.79 Å². The maximum Gasteiger partial charge on any atom is 0.237 e. The SMILES string of the molecule is CC(C)C(N)C(=O)NCC1CCCCC1C.Cl. The number of carbonyl (C=O) groups excluding carboxylic acids is 1. The second-order valence-corrected chi connectivity index (χ2v) is 5.54. The summed E-state index contributed by atoms with van der Waals surface area (Å²) in [5.41, 5.74) is 5.80. The van der Waals surface area contributed by atoms with E-state index in [9.17, 15) is 4.79 Å². The number of nitrogens with one attached hydrogen (secondary N) is 1. The molecule has 17 heavy (non-hydrogen) atoms. The van der Waals surface area contributed by atoms with Crippen LogP contribution in [0, 0.1) is 17.8 Å². The Kier molecular flexibility index (Phi) is 7.80. The number of amides is 1. The molecule has 1 rings (SSSR count). The fraction of sp³-hybridized carbons (Fsp3) is 0.923. The molecule has 0 bridgehead atoms. The smallest absolute Gasteiger partial charge is 0.237 e. The molecule has 0 spiro atoms. The largest absolute Gasteiger partial charge is 0.354 e. The molecule has 0 aliphatic heterocycles. The van der Waals surface area contributed by atoms with Gasteiger partial charge in [0, 0.05) is 6.54 Å². The zero-order valence-electron chi connectivity index (χ0n) is 11.2. The van der Waals surface area contributed by atoms with E-state index in [-0.39, 0.29) is 30.3 Å². The van der Waals surface area contributed by atoms with Crippen molar-refractivity contribution in [2.75, 3.05) is 6.54 Å². The molecule has 3 atom stereocenters. The van der Waals surface area contributed by atoms with E-state index >= 15 is 0 Å². The van der Waals surface area contributed by atoms with Gasteiger partial charge < -0.3 is 11.1 Å². The molecule has 3 nitrogen and oxygen atoms in total. The van der Waals surface area contributed by atoms with Crippen LogP contribution in [0.1, 0.15) is 46.5 Å². The Bertz CT molecular complexity index is 233. The van der Waals surface area contributed by atoms with Crippen molar-refractivity contribution >= 4 is 18.3 Å². The highest BCUT2D eigenvalue weighted by molar-refractivity contribution is 5.85. The number of rotatable bonds is 4. The molecule has 0 aromatic rings. The van der Waals surface area contributed by atoms with Gasteiger partial charge >= 0.3 is 0 Å². The summed E-state index contributed by atoms with van der Waals surface area (Å²) in [5.74, 6) is 1.61. The van der Waals surface area contributed by atoms with Gasteiger partial charge in [-0.25, -0.2) is 0 Å². The maximum absolute atomic E-state index is 11.7. The molecular formula is C13H27ClN2O. The Morgan fingerprint density at radius 1 is 1.35 bits per heavy atom. The van der Waals surface area contributed by atoms with E-state index in [2.05, 4.69) is 12.2 Å². The summed E-state index contributed by atoms with van der Waals surface area (Å²) < 4.78 is 0. The van der Waals surface area contributed by atoms with Crippen LogP contribution in [0.2, 0.25) is 0 Å². The van der Waals surface area contributed by atoms with Crippen molar-refractivity contribution in [2.24, 2.45) is 23.5 Å². The van der Waals surface area contributed by atoms with E-state index in [1.54, 1.807) is 0 Å². The minimum absolute atomic E-state index is 0. The van der Waals surface area contributed by atoms with Crippen molar-refractivity contribution in [3.8, 4) is 0 Å². The molecule has 1 aliphatic carbocycles. The summed E-state index contributed by atoms with van der Waals surface area (Å²) in [4.78, 5) is 11.7. The number of nitrogens with two attached hydrogens (primary N) is 1. The van der Waals surface area contributed by atoms with E-state index < -0.39 is 0 Å². The lowest BCUT2D eigenvalue weighted by molar-refractivity contribution is -0.123. The Balaban J connectivity index is 0.00000256. The molecule has 4 heteroatoms. The summed E-state index contributed by atoms with van der Waals surface area (Å²) in [6.45, 7) is 7.06. The van der Waals surface area contributed by atoms with E-state index in [0.29, 0.717) is 5.92 Å². The van der Waals surface area contributed by atoms with Crippen LogP contribution in [0.5, 0.6) is 0 Å². The highest BCUT2D eigenvalue weighted by Crippen LogP contribution is 2.28. The van der Waals surface area contributed by atoms with E-state index in [1.165, 1.54) is 25.7 Å². The van der Waals surface area contributed by atoms with Crippen LogP contribution >= 0.6 is 12.4 Å². The summed E-state index contributed by atoms with van der Waals surface area (Å²) in [6.07, 6.45) is 5.20. The molecule has 0 saturated heterocycles. The molecular weight excluding hydrogens is 236 g/mol. The lowest BCUT2D eigenvalue weighted by Crippen LogP contribution is -2.46. The third kappa shape index (κ3) is 5.26. The second-order valence-electron chi connectivity index (χ2n) is 5.54. The fourth-order valence-electron chi connectivity index (χ4n) is 2.35. The highest BCUT2D eigenvalue weighted by Gasteiger charge is 2.23. The van der Waals surface area contributed by atoms with Crippen molar-refractivity contribution in [2.45, 2.75) is 52.5 Å². The summed E-state index contributed by atoms with van der Waals surface area (Å²) >= 11 is 0. The van der Waals surface area contributed by atoms with Crippen LogP contribution in [0.15, 0.2) is 0 Å². The van der Waals surface area contributed by atoms with E-state index in [4.69, 9.17) is 5.73 Å². The van der Waals surface area contributed by atoms with Gasteiger partial charge in [-0.1, -0.05) is 40.0 Å². The molecule has 1 saturated carbocycles. The molecule has 1 amide bonds. The molecule has 1 aliphatic rings. The molecule has 1 fully saturated rings. The molecule has 3 N–H and O–H groups in total. The van der Waals surface area contributed by atoms with Gasteiger partial charge in [-0.2, -0.15) is 0 Å². The first-order valence-electron chi connectivity index (χ1n) is 6.55. The molecule has 0 aromatic heterocycles. The summed E-state index contributed by atoms with van der Waals surface area (Å²) in [7, 11) is 0. The average molecular weight is 263 g/mol. The van der Waals surface area contributed by atoms with Gasteiger partial charge in [-0.3, -0.25) is 4.79 Å². The molecule has 0 radical (unpaired) electrons. The lowest BCUT2D eigenvalue weighted by Gasteiger charge is -2.29. The Labute approximate surface area is 111 Å². The van der Waals surface area contributed by atoms with E-state index in [0.717, 1.165) is 12.5 Å². The van der Waals surface area contributed by atoms with Gasteiger partial charge in [-0.15, -0.1) is 12.4 Å². The molecule has 102 valence electrons. The number of hydrogen-bond acceptors (Lipinski definition) is 2. The average Bonchev–Trinajstić information content (AvgIpc) is 2.26. The number of carbonyl (C=O) groups is 1. The van der Waals surface area contributed by atoms with Crippen molar-refractivity contribution in [3.05, 3.63) is 0 Å². The second kappa shape index (κ2) is 7.93. The molecule has 0 heterocycles. The third-order valence-corrected chi connectivity index (χ3v) is 3.85. The predicted octanol–water partition coefficient (Wildman–Crippen LogP) is 2.33. The Morgan fingerprint density at radius 2 is 1.94 bits per heavy atom. The van der Waals surface area contributed by atoms with Crippen molar-refractivity contribution in [1.29, 1.82) is 0 Å². The first-order valence-corrected chi connectivity index (χ1v) is 6.55. The minimum Gasteiger partial charge on any atom is -0.354 e.